The van der Waals surface area contributed by atoms with E-state index in [1.165, 1.54) is 11.1 Å². The number of carbonyl (C=O) groups excluding carboxylic acids is 1. The molecule has 1 fully saturated rings. The van der Waals surface area contributed by atoms with Gasteiger partial charge in [0.1, 0.15) is 0 Å². The van der Waals surface area contributed by atoms with Gasteiger partial charge in [0.15, 0.2) is 0 Å². The van der Waals surface area contributed by atoms with Crippen LogP contribution in [0.3, 0.4) is 0 Å². The van der Waals surface area contributed by atoms with Gasteiger partial charge in [-0.15, -0.1) is 0 Å². The Bertz CT molecular complexity index is 633. The lowest BCUT2D eigenvalue weighted by atomic mass is 10.0. The van der Waals surface area contributed by atoms with Crippen molar-refractivity contribution in [1.82, 2.24) is 10.1 Å². The lowest BCUT2D eigenvalue weighted by Gasteiger charge is -2.24. The average Bonchev–Trinajstić information content (AvgIpc) is 3.06. The first-order chi connectivity index (χ1) is 9.65. The lowest BCUT2D eigenvalue weighted by Crippen LogP contribution is -2.30. The Labute approximate surface area is 118 Å². The van der Waals surface area contributed by atoms with E-state index in [4.69, 9.17) is 4.52 Å². The van der Waals surface area contributed by atoms with Gasteiger partial charge >= 0.3 is 0 Å². The molecule has 1 saturated heterocycles. The standard InChI is InChI=1S/C16H18N2O2/c1-11-5-3-6-13(9-11)14-7-4-8-18(14)16(19)15-10-12(2)17-20-15/h3,5-6,9-10,14H,4,7-8H2,1-2H3/t14-/m1/s1. The summed E-state index contributed by atoms with van der Waals surface area (Å²) in [7, 11) is 0. The summed E-state index contributed by atoms with van der Waals surface area (Å²) in [5, 5.41) is 3.80. The SMILES string of the molecule is Cc1cccc([C@H]2CCCN2C(=O)c2cc(C)no2)c1. The maximum Gasteiger partial charge on any atom is 0.292 e. The van der Waals surface area contributed by atoms with Crippen LogP contribution in [-0.2, 0) is 0 Å². The fourth-order valence-electron chi connectivity index (χ4n) is 2.84. The fourth-order valence-corrected chi connectivity index (χ4v) is 2.84. The molecule has 4 heteroatoms. The van der Waals surface area contributed by atoms with Crippen molar-refractivity contribution in [2.24, 2.45) is 0 Å². The average molecular weight is 270 g/mol. The number of aromatic nitrogens is 1. The molecule has 4 nitrogen and oxygen atoms in total. The van der Waals surface area contributed by atoms with E-state index in [0.717, 1.165) is 25.1 Å². The van der Waals surface area contributed by atoms with E-state index in [0.29, 0.717) is 5.76 Å². The van der Waals surface area contributed by atoms with Gasteiger partial charge in [-0.25, -0.2) is 0 Å². The predicted octanol–water partition coefficient (Wildman–Crippen LogP) is 3.27. The van der Waals surface area contributed by atoms with Crippen molar-refractivity contribution in [3.8, 4) is 0 Å². The van der Waals surface area contributed by atoms with Crippen LogP contribution in [0.25, 0.3) is 0 Å². The molecule has 104 valence electrons. The molecule has 1 aliphatic rings. The summed E-state index contributed by atoms with van der Waals surface area (Å²) in [5.74, 6) is 0.275. The van der Waals surface area contributed by atoms with Gasteiger partial charge in [0, 0.05) is 12.6 Å². The van der Waals surface area contributed by atoms with E-state index in [-0.39, 0.29) is 11.9 Å². The number of amides is 1. The second kappa shape index (κ2) is 5.12. The van der Waals surface area contributed by atoms with Gasteiger partial charge < -0.3 is 9.42 Å². The maximum absolute atomic E-state index is 12.5. The molecule has 1 amide bonds. The molecule has 3 rings (SSSR count). The quantitative estimate of drug-likeness (QED) is 0.841. The van der Waals surface area contributed by atoms with Gasteiger partial charge in [-0.2, -0.15) is 0 Å². The minimum absolute atomic E-state index is 0.0605. The van der Waals surface area contributed by atoms with Crippen molar-refractivity contribution in [3.63, 3.8) is 0 Å². The Morgan fingerprint density at radius 3 is 2.90 bits per heavy atom. The largest absolute Gasteiger partial charge is 0.351 e. The van der Waals surface area contributed by atoms with Crippen LogP contribution >= 0.6 is 0 Å². The number of carbonyl (C=O) groups is 1. The first-order valence-corrected chi connectivity index (χ1v) is 6.96. The van der Waals surface area contributed by atoms with Crippen LogP contribution in [0, 0.1) is 13.8 Å². The van der Waals surface area contributed by atoms with E-state index in [1.807, 2.05) is 17.9 Å². The molecule has 0 radical (unpaired) electrons. The highest BCUT2D eigenvalue weighted by Gasteiger charge is 2.32. The zero-order valence-corrected chi connectivity index (χ0v) is 11.8. The lowest BCUT2D eigenvalue weighted by molar-refractivity contribution is 0.0693. The number of hydrogen-bond donors (Lipinski definition) is 0. The molecule has 1 aromatic heterocycles. The highest BCUT2D eigenvalue weighted by Crippen LogP contribution is 2.33. The predicted molar refractivity (Wildman–Crippen MR) is 75.4 cm³/mol. The summed E-state index contributed by atoms with van der Waals surface area (Å²) in [4.78, 5) is 14.4. The van der Waals surface area contributed by atoms with Crippen molar-refractivity contribution >= 4 is 5.91 Å². The molecule has 0 spiro atoms. The molecule has 0 unspecified atom stereocenters. The molecule has 2 heterocycles. The number of rotatable bonds is 2. The van der Waals surface area contributed by atoms with E-state index < -0.39 is 0 Å². The van der Waals surface area contributed by atoms with Gasteiger partial charge in [-0.3, -0.25) is 4.79 Å². The molecule has 2 aromatic rings. The van der Waals surface area contributed by atoms with Gasteiger partial charge in [0.2, 0.25) is 5.76 Å². The topological polar surface area (TPSA) is 46.3 Å². The number of nitrogens with zero attached hydrogens (tertiary/aromatic N) is 2. The Balaban J connectivity index is 1.87. The molecule has 1 atom stereocenters. The second-order valence-corrected chi connectivity index (χ2v) is 5.40. The number of likely N-dealkylation sites (tertiary alicyclic amines) is 1. The van der Waals surface area contributed by atoms with Crippen LogP contribution in [0.15, 0.2) is 34.9 Å². The van der Waals surface area contributed by atoms with Gasteiger partial charge in [0.25, 0.3) is 5.91 Å². The number of hydrogen-bond acceptors (Lipinski definition) is 3. The molecule has 0 saturated carbocycles. The van der Waals surface area contributed by atoms with E-state index in [1.54, 1.807) is 6.07 Å². The van der Waals surface area contributed by atoms with Crippen molar-refractivity contribution in [3.05, 3.63) is 52.9 Å². The Morgan fingerprint density at radius 2 is 2.20 bits per heavy atom. The van der Waals surface area contributed by atoms with Crippen LogP contribution in [0.1, 0.15) is 46.3 Å². The zero-order chi connectivity index (χ0) is 14.1. The van der Waals surface area contributed by atoms with Gasteiger partial charge in [-0.1, -0.05) is 35.0 Å². The van der Waals surface area contributed by atoms with E-state index in [9.17, 15) is 4.79 Å². The third-order valence-electron chi connectivity index (χ3n) is 3.78. The molecular weight excluding hydrogens is 252 g/mol. The Kier molecular flexibility index (Phi) is 3.30. The summed E-state index contributed by atoms with van der Waals surface area (Å²) in [6.07, 6.45) is 2.03. The van der Waals surface area contributed by atoms with Gasteiger partial charge in [-0.05, 0) is 32.3 Å². The number of aryl methyl sites for hydroxylation is 2. The minimum atomic E-state index is -0.0605. The summed E-state index contributed by atoms with van der Waals surface area (Å²) in [6, 6.07) is 10.2. The molecular formula is C16H18N2O2. The van der Waals surface area contributed by atoms with Crippen LogP contribution in [0.2, 0.25) is 0 Å². The number of benzene rings is 1. The van der Waals surface area contributed by atoms with Gasteiger partial charge in [0.05, 0.1) is 11.7 Å². The summed E-state index contributed by atoms with van der Waals surface area (Å²) in [5.41, 5.74) is 3.16. The minimum Gasteiger partial charge on any atom is -0.351 e. The third-order valence-corrected chi connectivity index (χ3v) is 3.78. The monoisotopic (exact) mass is 270 g/mol. The van der Waals surface area contributed by atoms with Crippen LogP contribution < -0.4 is 0 Å². The highest BCUT2D eigenvalue weighted by molar-refractivity contribution is 5.92. The molecule has 1 aromatic carbocycles. The zero-order valence-electron chi connectivity index (χ0n) is 11.8. The van der Waals surface area contributed by atoms with Crippen molar-refractivity contribution < 1.29 is 9.32 Å². The maximum atomic E-state index is 12.5. The third kappa shape index (κ3) is 2.33. The molecule has 1 aliphatic heterocycles. The van der Waals surface area contributed by atoms with E-state index >= 15 is 0 Å². The first-order valence-electron chi connectivity index (χ1n) is 6.96. The van der Waals surface area contributed by atoms with E-state index in [2.05, 4.69) is 30.3 Å². The second-order valence-electron chi connectivity index (χ2n) is 5.40. The summed E-state index contributed by atoms with van der Waals surface area (Å²) in [6.45, 7) is 4.67. The summed E-state index contributed by atoms with van der Waals surface area (Å²) >= 11 is 0. The highest BCUT2D eigenvalue weighted by atomic mass is 16.5. The van der Waals surface area contributed by atoms with Crippen molar-refractivity contribution in [2.45, 2.75) is 32.7 Å². The first kappa shape index (κ1) is 12.9. The van der Waals surface area contributed by atoms with Crippen molar-refractivity contribution in [1.29, 1.82) is 0 Å². The van der Waals surface area contributed by atoms with Crippen LogP contribution in [-0.4, -0.2) is 22.5 Å². The molecule has 0 bridgehead atoms. The normalized spacial score (nSPS) is 18.5. The summed E-state index contributed by atoms with van der Waals surface area (Å²) < 4.78 is 5.11. The van der Waals surface area contributed by atoms with Crippen LogP contribution in [0.4, 0.5) is 0 Å². The molecule has 20 heavy (non-hydrogen) atoms. The smallest absolute Gasteiger partial charge is 0.292 e. The molecule has 0 aliphatic carbocycles. The Hall–Kier alpha value is -2.10. The van der Waals surface area contributed by atoms with Crippen LogP contribution in [0.5, 0.6) is 0 Å². The fraction of sp³-hybridized carbons (Fsp3) is 0.375. The molecule has 0 N–H and O–H groups in total. The van der Waals surface area contributed by atoms with Crippen molar-refractivity contribution in [2.75, 3.05) is 6.54 Å². The Morgan fingerprint density at radius 1 is 1.35 bits per heavy atom.